The molecule has 3 rings (SSSR count). The van der Waals surface area contributed by atoms with Gasteiger partial charge in [0.15, 0.2) is 0 Å². The molecular formula is C25H32O2S2. The molecule has 0 saturated heterocycles. The summed E-state index contributed by atoms with van der Waals surface area (Å²) in [4.78, 5) is 1.53. The Morgan fingerprint density at radius 3 is 1.66 bits per heavy atom. The van der Waals surface area contributed by atoms with Gasteiger partial charge in [0.1, 0.15) is 4.58 Å². The highest BCUT2D eigenvalue weighted by molar-refractivity contribution is 8.03. The molecule has 0 aromatic heterocycles. The molecule has 1 fully saturated rings. The van der Waals surface area contributed by atoms with Gasteiger partial charge in [-0.1, -0.05) is 60.4 Å². The van der Waals surface area contributed by atoms with Crippen molar-refractivity contribution in [3.05, 3.63) is 70.8 Å². The summed E-state index contributed by atoms with van der Waals surface area (Å²) in [6, 6.07) is 15.6. The SMILES string of the molecule is CC(C)=C1CC(C)(C)CC1C(S(=O)c1ccc(C)cc1)S(=O)c1ccc(C)cc1. The van der Waals surface area contributed by atoms with Crippen LogP contribution in [0.2, 0.25) is 0 Å². The van der Waals surface area contributed by atoms with E-state index in [2.05, 4.69) is 27.7 Å². The van der Waals surface area contributed by atoms with Gasteiger partial charge in [-0.05, 0) is 70.2 Å². The van der Waals surface area contributed by atoms with Crippen molar-refractivity contribution in [3.63, 3.8) is 0 Å². The molecule has 1 aliphatic rings. The smallest absolute Gasteiger partial charge is 0.126 e. The van der Waals surface area contributed by atoms with E-state index < -0.39 is 26.2 Å². The molecule has 0 spiro atoms. The Morgan fingerprint density at radius 2 is 1.28 bits per heavy atom. The van der Waals surface area contributed by atoms with E-state index in [4.69, 9.17) is 0 Å². The van der Waals surface area contributed by atoms with Crippen molar-refractivity contribution in [1.29, 1.82) is 0 Å². The molecule has 0 aliphatic heterocycles. The van der Waals surface area contributed by atoms with E-state index in [9.17, 15) is 8.42 Å². The Morgan fingerprint density at radius 1 is 0.862 bits per heavy atom. The van der Waals surface area contributed by atoms with Crippen molar-refractivity contribution in [2.45, 2.75) is 68.8 Å². The average Bonchev–Trinajstić information content (AvgIpc) is 2.98. The Hall–Kier alpha value is -1.52. The second-order valence-corrected chi connectivity index (χ2v) is 12.7. The van der Waals surface area contributed by atoms with Crippen LogP contribution in [-0.4, -0.2) is 13.0 Å². The highest BCUT2D eigenvalue weighted by atomic mass is 32.2. The predicted molar refractivity (Wildman–Crippen MR) is 124 cm³/mol. The number of benzene rings is 2. The van der Waals surface area contributed by atoms with Gasteiger partial charge >= 0.3 is 0 Å². The lowest BCUT2D eigenvalue weighted by Gasteiger charge is -2.26. The topological polar surface area (TPSA) is 34.1 Å². The lowest BCUT2D eigenvalue weighted by molar-refractivity contribution is 0.365. The van der Waals surface area contributed by atoms with E-state index in [1.54, 1.807) is 0 Å². The largest absolute Gasteiger partial charge is 0.253 e. The molecule has 0 N–H and O–H groups in total. The minimum Gasteiger partial charge on any atom is -0.253 e. The zero-order valence-electron chi connectivity index (χ0n) is 18.3. The van der Waals surface area contributed by atoms with Crippen LogP contribution in [0.3, 0.4) is 0 Å². The van der Waals surface area contributed by atoms with Crippen LogP contribution in [0.5, 0.6) is 0 Å². The van der Waals surface area contributed by atoms with Crippen LogP contribution in [0.25, 0.3) is 0 Å². The van der Waals surface area contributed by atoms with Crippen molar-refractivity contribution in [3.8, 4) is 0 Å². The Kier molecular flexibility index (Phi) is 6.64. The molecule has 1 saturated carbocycles. The molecule has 0 bridgehead atoms. The standard InChI is InChI=1S/C25H32O2S2/c1-17(2)22-15-25(5,6)16-23(22)24(28(26)20-11-7-18(3)8-12-20)29(27)21-13-9-19(4)10-14-21/h7-14,23-24H,15-16H2,1-6H3. The van der Waals surface area contributed by atoms with Gasteiger partial charge in [-0.2, -0.15) is 0 Å². The fraction of sp³-hybridized carbons (Fsp3) is 0.440. The maximum atomic E-state index is 13.8. The third-order valence-corrected chi connectivity index (χ3v) is 9.81. The van der Waals surface area contributed by atoms with Crippen LogP contribution in [0.4, 0.5) is 0 Å². The highest BCUT2D eigenvalue weighted by Crippen LogP contribution is 2.49. The summed E-state index contributed by atoms with van der Waals surface area (Å²) in [5.74, 6) is 0.0549. The first-order chi connectivity index (χ1) is 13.6. The first-order valence-electron chi connectivity index (χ1n) is 10.2. The zero-order chi connectivity index (χ0) is 21.3. The van der Waals surface area contributed by atoms with E-state index in [1.165, 1.54) is 11.1 Å². The molecule has 0 heterocycles. The van der Waals surface area contributed by atoms with Gasteiger partial charge in [0.25, 0.3) is 0 Å². The molecule has 3 unspecified atom stereocenters. The fourth-order valence-electron chi connectivity index (χ4n) is 4.24. The summed E-state index contributed by atoms with van der Waals surface area (Å²) in [5, 5.41) is 0. The summed E-state index contributed by atoms with van der Waals surface area (Å²) in [7, 11) is -2.72. The van der Waals surface area contributed by atoms with Crippen LogP contribution in [0.15, 0.2) is 69.5 Å². The quantitative estimate of drug-likeness (QED) is 0.522. The molecule has 2 nitrogen and oxygen atoms in total. The molecular weight excluding hydrogens is 396 g/mol. The minimum atomic E-state index is -1.36. The van der Waals surface area contributed by atoms with E-state index >= 15 is 0 Å². The number of hydrogen-bond donors (Lipinski definition) is 0. The Balaban J connectivity index is 2.09. The molecule has 0 radical (unpaired) electrons. The van der Waals surface area contributed by atoms with Crippen LogP contribution < -0.4 is 0 Å². The van der Waals surface area contributed by atoms with Crippen molar-refractivity contribution in [2.24, 2.45) is 11.3 Å². The van der Waals surface area contributed by atoms with E-state index in [0.717, 1.165) is 33.8 Å². The Bertz CT molecular complexity index is 892. The van der Waals surface area contributed by atoms with Crippen LogP contribution in [-0.2, 0) is 21.6 Å². The van der Waals surface area contributed by atoms with Crippen molar-refractivity contribution < 1.29 is 8.42 Å². The first kappa shape index (κ1) is 22.2. The second kappa shape index (κ2) is 8.69. The minimum absolute atomic E-state index is 0.0549. The number of allylic oxidation sites excluding steroid dienone is 2. The number of hydrogen-bond acceptors (Lipinski definition) is 2. The third-order valence-electron chi connectivity index (χ3n) is 5.79. The second-order valence-electron chi connectivity index (χ2n) is 9.27. The van der Waals surface area contributed by atoms with Crippen molar-refractivity contribution in [1.82, 2.24) is 0 Å². The highest BCUT2D eigenvalue weighted by Gasteiger charge is 2.44. The average molecular weight is 429 g/mol. The first-order valence-corrected chi connectivity index (χ1v) is 12.6. The van der Waals surface area contributed by atoms with Gasteiger partial charge in [0.2, 0.25) is 0 Å². The van der Waals surface area contributed by atoms with Crippen molar-refractivity contribution >= 4 is 21.6 Å². The van der Waals surface area contributed by atoms with Gasteiger partial charge < -0.3 is 0 Å². The summed E-state index contributed by atoms with van der Waals surface area (Å²) in [6.07, 6.45) is 1.89. The van der Waals surface area contributed by atoms with Gasteiger partial charge in [0, 0.05) is 15.7 Å². The van der Waals surface area contributed by atoms with E-state index in [-0.39, 0.29) is 11.3 Å². The molecule has 1 aliphatic carbocycles. The lowest BCUT2D eigenvalue weighted by atomic mass is 9.91. The van der Waals surface area contributed by atoms with E-state index in [1.807, 2.05) is 62.4 Å². The monoisotopic (exact) mass is 428 g/mol. The lowest BCUT2D eigenvalue weighted by Crippen LogP contribution is -2.31. The van der Waals surface area contributed by atoms with E-state index in [0.29, 0.717) is 0 Å². The molecule has 2 aromatic rings. The van der Waals surface area contributed by atoms with Crippen LogP contribution >= 0.6 is 0 Å². The number of aryl methyl sites for hydroxylation is 2. The molecule has 29 heavy (non-hydrogen) atoms. The predicted octanol–water partition coefficient (Wildman–Crippen LogP) is 6.32. The third kappa shape index (κ3) is 4.97. The summed E-state index contributed by atoms with van der Waals surface area (Å²) in [6.45, 7) is 12.8. The van der Waals surface area contributed by atoms with Gasteiger partial charge in [-0.3, -0.25) is 8.42 Å². The van der Waals surface area contributed by atoms with Crippen LogP contribution in [0, 0.1) is 25.2 Å². The molecule has 156 valence electrons. The van der Waals surface area contributed by atoms with Crippen LogP contribution in [0.1, 0.15) is 51.7 Å². The molecule has 0 amide bonds. The summed E-state index contributed by atoms with van der Waals surface area (Å²) >= 11 is 0. The molecule has 4 heteroatoms. The van der Waals surface area contributed by atoms with Gasteiger partial charge in [0.05, 0.1) is 21.6 Å². The normalized spacial score (nSPS) is 21.6. The molecule has 3 atom stereocenters. The maximum Gasteiger partial charge on any atom is 0.126 e. The fourth-order valence-corrected chi connectivity index (χ4v) is 8.00. The molecule has 2 aromatic carbocycles. The summed E-state index contributed by atoms with van der Waals surface area (Å²) < 4.78 is 27.1. The number of rotatable bonds is 5. The van der Waals surface area contributed by atoms with Crippen molar-refractivity contribution in [2.75, 3.05) is 0 Å². The maximum absolute atomic E-state index is 13.8. The Labute approximate surface area is 180 Å². The van der Waals surface area contributed by atoms with Gasteiger partial charge in [-0.15, -0.1) is 0 Å². The summed E-state index contributed by atoms with van der Waals surface area (Å²) in [5.41, 5.74) is 5.00. The zero-order valence-corrected chi connectivity index (χ0v) is 20.0. The van der Waals surface area contributed by atoms with Gasteiger partial charge in [-0.25, -0.2) is 0 Å².